The van der Waals surface area contributed by atoms with Crippen LogP contribution in [0.5, 0.6) is 0 Å². The number of hydrogen-bond acceptors (Lipinski definition) is 2. The summed E-state index contributed by atoms with van der Waals surface area (Å²) in [7, 11) is 0. The molecule has 1 aromatic rings. The summed E-state index contributed by atoms with van der Waals surface area (Å²) in [6.45, 7) is 8.34. The predicted octanol–water partition coefficient (Wildman–Crippen LogP) is 2.51. The number of rotatable bonds is 5. The Labute approximate surface area is 103 Å². The number of hydrogen-bond donors (Lipinski definition) is 1. The molecule has 0 aliphatic carbocycles. The molecule has 1 aliphatic rings. The van der Waals surface area contributed by atoms with Crippen LogP contribution >= 0.6 is 0 Å². The maximum atomic E-state index is 13.7. The lowest BCUT2D eigenvalue weighted by atomic mass is 9.88. The second-order valence-corrected chi connectivity index (χ2v) is 4.89. The van der Waals surface area contributed by atoms with E-state index >= 15 is 0 Å². The van der Waals surface area contributed by atoms with Gasteiger partial charge in [-0.25, -0.2) is 4.39 Å². The van der Waals surface area contributed by atoms with Crippen LogP contribution < -0.4 is 10.2 Å². The van der Waals surface area contributed by atoms with Gasteiger partial charge in [0.15, 0.2) is 0 Å². The van der Waals surface area contributed by atoms with E-state index in [2.05, 4.69) is 24.1 Å². The van der Waals surface area contributed by atoms with Crippen LogP contribution in [0, 0.1) is 17.7 Å². The third kappa shape index (κ3) is 2.78. The summed E-state index contributed by atoms with van der Waals surface area (Å²) in [4.78, 5) is 2.14. The van der Waals surface area contributed by atoms with Crippen molar-refractivity contribution in [3.8, 4) is 0 Å². The van der Waals surface area contributed by atoms with Gasteiger partial charge < -0.3 is 10.2 Å². The zero-order valence-corrected chi connectivity index (χ0v) is 10.6. The summed E-state index contributed by atoms with van der Waals surface area (Å²) in [5, 5.41) is 3.29. The molecule has 3 heteroatoms. The average molecular weight is 236 g/mol. The minimum absolute atomic E-state index is 0.117. The molecule has 1 unspecified atom stereocenters. The molecular formula is C14H21FN2. The van der Waals surface area contributed by atoms with Gasteiger partial charge in [-0.2, -0.15) is 0 Å². The van der Waals surface area contributed by atoms with Crippen LogP contribution in [0.25, 0.3) is 0 Å². The predicted molar refractivity (Wildman–Crippen MR) is 69.8 cm³/mol. The molecule has 0 amide bonds. The molecule has 0 aromatic heterocycles. The lowest BCUT2D eigenvalue weighted by molar-refractivity contribution is 0.251. The van der Waals surface area contributed by atoms with Crippen molar-refractivity contribution in [2.75, 3.05) is 31.1 Å². The minimum Gasteiger partial charge on any atom is -0.369 e. The van der Waals surface area contributed by atoms with Gasteiger partial charge >= 0.3 is 0 Å². The van der Waals surface area contributed by atoms with Gasteiger partial charge in [-0.15, -0.1) is 0 Å². The Morgan fingerprint density at radius 2 is 2.12 bits per heavy atom. The highest BCUT2D eigenvalue weighted by Gasteiger charge is 2.25. The van der Waals surface area contributed by atoms with Gasteiger partial charge in [0.25, 0.3) is 0 Å². The monoisotopic (exact) mass is 236 g/mol. The second-order valence-electron chi connectivity index (χ2n) is 4.89. The minimum atomic E-state index is -0.117. The molecule has 1 N–H and O–H groups in total. The van der Waals surface area contributed by atoms with Crippen molar-refractivity contribution in [1.82, 2.24) is 5.32 Å². The van der Waals surface area contributed by atoms with Crippen LogP contribution in [0.2, 0.25) is 0 Å². The van der Waals surface area contributed by atoms with Crippen molar-refractivity contribution < 1.29 is 4.39 Å². The molecule has 1 aliphatic heterocycles. The first-order valence-electron chi connectivity index (χ1n) is 6.42. The normalized spacial score (nSPS) is 17.6. The summed E-state index contributed by atoms with van der Waals surface area (Å²) >= 11 is 0. The summed E-state index contributed by atoms with van der Waals surface area (Å²) in [6, 6.07) is 7.04. The van der Waals surface area contributed by atoms with Crippen molar-refractivity contribution in [3.63, 3.8) is 0 Å². The lowest BCUT2D eigenvalue weighted by Crippen LogP contribution is -2.48. The Morgan fingerprint density at radius 3 is 2.65 bits per heavy atom. The smallest absolute Gasteiger partial charge is 0.146 e. The molecule has 0 spiro atoms. The Kier molecular flexibility index (Phi) is 4.00. The van der Waals surface area contributed by atoms with Gasteiger partial charge in [-0.3, -0.25) is 0 Å². The van der Waals surface area contributed by atoms with Crippen molar-refractivity contribution in [1.29, 1.82) is 0 Å². The zero-order valence-electron chi connectivity index (χ0n) is 10.6. The van der Waals surface area contributed by atoms with E-state index in [-0.39, 0.29) is 5.82 Å². The van der Waals surface area contributed by atoms with E-state index in [1.165, 1.54) is 6.07 Å². The van der Waals surface area contributed by atoms with Gasteiger partial charge in [-0.05, 0) is 44.0 Å². The molecule has 0 bridgehead atoms. The summed E-state index contributed by atoms with van der Waals surface area (Å²) in [6.07, 6.45) is 0. The molecule has 1 saturated heterocycles. The fourth-order valence-corrected chi connectivity index (χ4v) is 2.32. The molecule has 1 atom stereocenters. The molecule has 0 radical (unpaired) electrons. The molecule has 2 nitrogen and oxygen atoms in total. The Hall–Kier alpha value is -1.09. The van der Waals surface area contributed by atoms with Crippen molar-refractivity contribution >= 4 is 5.69 Å². The van der Waals surface area contributed by atoms with Crippen molar-refractivity contribution in [3.05, 3.63) is 30.1 Å². The molecule has 94 valence electrons. The maximum absolute atomic E-state index is 13.7. The molecule has 17 heavy (non-hydrogen) atoms. The first-order chi connectivity index (χ1) is 8.22. The zero-order chi connectivity index (χ0) is 12.3. The molecule has 2 rings (SSSR count). The van der Waals surface area contributed by atoms with Gasteiger partial charge in [0.05, 0.1) is 5.69 Å². The highest BCUT2D eigenvalue weighted by atomic mass is 19.1. The third-order valence-corrected chi connectivity index (χ3v) is 3.70. The fourth-order valence-electron chi connectivity index (χ4n) is 2.32. The second kappa shape index (κ2) is 5.50. The van der Waals surface area contributed by atoms with E-state index in [0.717, 1.165) is 37.8 Å². The van der Waals surface area contributed by atoms with E-state index in [0.29, 0.717) is 5.92 Å². The Morgan fingerprint density at radius 1 is 1.41 bits per heavy atom. The Bertz CT molecular complexity index is 363. The largest absolute Gasteiger partial charge is 0.369 e. The SMILES string of the molecule is CCN(CC(C)C1CNC1)c1ccccc1F. The van der Waals surface area contributed by atoms with Gasteiger partial charge in [-0.1, -0.05) is 19.1 Å². The van der Waals surface area contributed by atoms with Crippen LogP contribution in [0.4, 0.5) is 10.1 Å². The third-order valence-electron chi connectivity index (χ3n) is 3.70. The Balaban J connectivity index is 2.03. The standard InChI is InChI=1S/C14H21FN2/c1-3-17(10-11(2)12-8-16-9-12)14-7-5-4-6-13(14)15/h4-7,11-12,16H,3,8-10H2,1-2H3. The topological polar surface area (TPSA) is 15.3 Å². The number of nitrogens with zero attached hydrogens (tertiary/aromatic N) is 1. The van der Waals surface area contributed by atoms with Gasteiger partial charge in [0.2, 0.25) is 0 Å². The summed E-state index contributed by atoms with van der Waals surface area (Å²) < 4.78 is 13.7. The van der Waals surface area contributed by atoms with E-state index in [4.69, 9.17) is 0 Å². The first kappa shape index (κ1) is 12.4. The maximum Gasteiger partial charge on any atom is 0.146 e. The number of benzene rings is 1. The van der Waals surface area contributed by atoms with Crippen LogP contribution in [-0.4, -0.2) is 26.2 Å². The number of halogens is 1. The van der Waals surface area contributed by atoms with E-state index in [9.17, 15) is 4.39 Å². The highest BCUT2D eigenvalue weighted by Crippen LogP contribution is 2.23. The van der Waals surface area contributed by atoms with Crippen molar-refractivity contribution in [2.45, 2.75) is 13.8 Å². The van der Waals surface area contributed by atoms with E-state index in [1.807, 2.05) is 12.1 Å². The number of para-hydroxylation sites is 1. The molecular weight excluding hydrogens is 215 g/mol. The quantitative estimate of drug-likeness (QED) is 0.845. The fraction of sp³-hybridized carbons (Fsp3) is 0.571. The first-order valence-corrected chi connectivity index (χ1v) is 6.42. The van der Waals surface area contributed by atoms with Crippen LogP contribution in [0.15, 0.2) is 24.3 Å². The summed E-state index contributed by atoms with van der Waals surface area (Å²) in [5.74, 6) is 1.24. The molecule has 1 fully saturated rings. The lowest BCUT2D eigenvalue weighted by Gasteiger charge is -2.36. The van der Waals surface area contributed by atoms with Crippen LogP contribution in [0.3, 0.4) is 0 Å². The molecule has 1 aromatic carbocycles. The molecule has 1 heterocycles. The number of nitrogens with one attached hydrogen (secondary N) is 1. The number of anilines is 1. The summed E-state index contributed by atoms with van der Waals surface area (Å²) in [5.41, 5.74) is 0.731. The highest BCUT2D eigenvalue weighted by molar-refractivity contribution is 5.47. The van der Waals surface area contributed by atoms with Gasteiger partial charge in [0.1, 0.15) is 5.82 Å². The van der Waals surface area contributed by atoms with E-state index in [1.54, 1.807) is 6.07 Å². The van der Waals surface area contributed by atoms with Gasteiger partial charge in [0, 0.05) is 13.1 Å². The van der Waals surface area contributed by atoms with E-state index < -0.39 is 0 Å². The molecule has 0 saturated carbocycles. The van der Waals surface area contributed by atoms with Crippen molar-refractivity contribution in [2.24, 2.45) is 11.8 Å². The average Bonchev–Trinajstić information content (AvgIpc) is 2.24. The van der Waals surface area contributed by atoms with Crippen LogP contribution in [0.1, 0.15) is 13.8 Å². The van der Waals surface area contributed by atoms with Crippen LogP contribution in [-0.2, 0) is 0 Å².